The Kier molecular flexibility index (Phi) is 3.27. The van der Waals surface area contributed by atoms with Crippen molar-refractivity contribution in [2.24, 2.45) is 7.05 Å². The summed E-state index contributed by atoms with van der Waals surface area (Å²) in [5.74, 6) is 0. The molecule has 1 heterocycles. The molecule has 1 aromatic carbocycles. The van der Waals surface area contributed by atoms with Gasteiger partial charge >= 0.3 is 0 Å². The minimum atomic E-state index is -0.398. The van der Waals surface area contributed by atoms with Gasteiger partial charge in [-0.3, -0.25) is 14.8 Å². The van der Waals surface area contributed by atoms with E-state index in [0.29, 0.717) is 6.54 Å². The molecule has 6 nitrogen and oxygen atoms in total. The zero-order chi connectivity index (χ0) is 13.1. The zero-order valence-electron chi connectivity index (χ0n) is 10.3. The minimum absolute atomic E-state index is 0.105. The topological polar surface area (TPSA) is 64.2 Å². The first-order valence-electron chi connectivity index (χ1n) is 5.49. The molecule has 0 bridgehead atoms. The molecule has 0 aliphatic carbocycles. The first kappa shape index (κ1) is 12.1. The number of aromatic nitrogens is 2. The summed E-state index contributed by atoms with van der Waals surface area (Å²) in [6.45, 7) is 0.714. The van der Waals surface area contributed by atoms with Gasteiger partial charge in [-0.05, 0) is 12.1 Å². The molecule has 0 saturated carbocycles. The second-order valence-electron chi connectivity index (χ2n) is 4.15. The quantitative estimate of drug-likeness (QED) is 0.611. The molecular formula is C12H14N4O2. The normalized spacial score (nSPS) is 10.3. The van der Waals surface area contributed by atoms with Crippen LogP contribution < -0.4 is 4.90 Å². The van der Waals surface area contributed by atoms with E-state index < -0.39 is 4.92 Å². The molecule has 0 fully saturated rings. The number of nitrogens with zero attached hydrogens (tertiary/aromatic N) is 4. The van der Waals surface area contributed by atoms with Crippen molar-refractivity contribution in [3.8, 4) is 0 Å². The lowest BCUT2D eigenvalue weighted by Crippen LogP contribution is -2.15. The molecular weight excluding hydrogens is 232 g/mol. The van der Waals surface area contributed by atoms with E-state index in [9.17, 15) is 10.1 Å². The molecule has 6 heteroatoms. The fourth-order valence-corrected chi connectivity index (χ4v) is 1.75. The maximum Gasteiger partial charge on any atom is 0.269 e. The van der Waals surface area contributed by atoms with E-state index in [2.05, 4.69) is 5.10 Å². The predicted molar refractivity (Wildman–Crippen MR) is 68.4 cm³/mol. The molecule has 0 radical (unpaired) electrons. The highest BCUT2D eigenvalue weighted by atomic mass is 16.6. The number of nitro benzene ring substituents is 1. The lowest BCUT2D eigenvalue weighted by atomic mass is 10.2. The Labute approximate surface area is 105 Å². The molecule has 2 aromatic rings. The Balaban J connectivity index is 2.09. The number of hydrogen-bond donors (Lipinski definition) is 0. The number of aryl methyl sites for hydroxylation is 1. The molecule has 0 amide bonds. The molecule has 94 valence electrons. The van der Waals surface area contributed by atoms with Gasteiger partial charge in [-0.2, -0.15) is 5.10 Å². The van der Waals surface area contributed by atoms with Crippen LogP contribution in [0, 0.1) is 10.1 Å². The van der Waals surface area contributed by atoms with E-state index in [1.165, 1.54) is 12.1 Å². The van der Waals surface area contributed by atoms with Gasteiger partial charge in [-0.25, -0.2) is 0 Å². The highest BCUT2D eigenvalue weighted by Crippen LogP contribution is 2.19. The van der Waals surface area contributed by atoms with Gasteiger partial charge in [0.25, 0.3) is 5.69 Å². The van der Waals surface area contributed by atoms with Gasteiger partial charge in [-0.1, -0.05) is 0 Å². The summed E-state index contributed by atoms with van der Waals surface area (Å²) in [7, 11) is 3.81. The van der Waals surface area contributed by atoms with Gasteiger partial charge in [0.05, 0.1) is 11.1 Å². The summed E-state index contributed by atoms with van der Waals surface area (Å²) in [5, 5.41) is 14.7. The maximum absolute atomic E-state index is 10.6. The van der Waals surface area contributed by atoms with Crippen molar-refractivity contribution in [1.82, 2.24) is 9.78 Å². The van der Waals surface area contributed by atoms with Gasteiger partial charge in [0.2, 0.25) is 0 Å². The van der Waals surface area contributed by atoms with Crippen LogP contribution >= 0.6 is 0 Å². The zero-order valence-corrected chi connectivity index (χ0v) is 10.3. The van der Waals surface area contributed by atoms with E-state index >= 15 is 0 Å². The van der Waals surface area contributed by atoms with Crippen molar-refractivity contribution in [2.45, 2.75) is 6.54 Å². The van der Waals surface area contributed by atoms with Crippen LogP contribution in [0.4, 0.5) is 11.4 Å². The third kappa shape index (κ3) is 2.65. The summed E-state index contributed by atoms with van der Waals surface area (Å²) in [4.78, 5) is 12.2. The summed E-state index contributed by atoms with van der Waals surface area (Å²) in [6.07, 6.45) is 3.75. The Bertz CT molecular complexity index is 547. The smallest absolute Gasteiger partial charge is 0.269 e. The highest BCUT2D eigenvalue weighted by Gasteiger charge is 2.07. The number of rotatable bonds is 4. The molecule has 2 rings (SSSR count). The summed E-state index contributed by atoms with van der Waals surface area (Å²) in [6, 6.07) is 6.51. The third-order valence-corrected chi connectivity index (χ3v) is 2.68. The maximum atomic E-state index is 10.6. The van der Waals surface area contributed by atoms with Crippen LogP contribution in [0.3, 0.4) is 0 Å². The van der Waals surface area contributed by atoms with E-state index in [1.807, 2.05) is 31.4 Å². The number of anilines is 1. The van der Waals surface area contributed by atoms with Crippen molar-refractivity contribution in [2.75, 3.05) is 11.9 Å². The minimum Gasteiger partial charge on any atom is -0.370 e. The van der Waals surface area contributed by atoms with Crippen LogP contribution in [0.5, 0.6) is 0 Å². The number of nitro groups is 1. The predicted octanol–water partition coefficient (Wildman–Crippen LogP) is 1.96. The van der Waals surface area contributed by atoms with Gasteiger partial charge in [-0.15, -0.1) is 0 Å². The van der Waals surface area contributed by atoms with Crippen LogP contribution in [0.2, 0.25) is 0 Å². The SMILES string of the molecule is CN(Cc1cnn(C)c1)c1ccc([N+](=O)[O-])cc1. The van der Waals surface area contributed by atoms with Gasteiger partial charge in [0.1, 0.15) is 0 Å². The van der Waals surface area contributed by atoms with Crippen LogP contribution in [0.25, 0.3) is 0 Å². The van der Waals surface area contributed by atoms with Crippen LogP contribution in [0.15, 0.2) is 36.7 Å². The summed E-state index contributed by atoms with van der Waals surface area (Å²) in [5.41, 5.74) is 2.14. The first-order chi connectivity index (χ1) is 8.56. The molecule has 1 aromatic heterocycles. The lowest BCUT2D eigenvalue weighted by Gasteiger charge is -2.17. The number of hydrogen-bond acceptors (Lipinski definition) is 4. The van der Waals surface area contributed by atoms with Crippen LogP contribution in [-0.4, -0.2) is 21.8 Å². The fourth-order valence-electron chi connectivity index (χ4n) is 1.75. The molecule has 18 heavy (non-hydrogen) atoms. The van der Waals surface area contributed by atoms with Crippen molar-refractivity contribution >= 4 is 11.4 Å². The molecule has 0 saturated heterocycles. The highest BCUT2D eigenvalue weighted by molar-refractivity contribution is 5.50. The number of benzene rings is 1. The summed E-state index contributed by atoms with van der Waals surface area (Å²) >= 11 is 0. The van der Waals surface area contributed by atoms with E-state index in [1.54, 1.807) is 16.8 Å². The Hall–Kier alpha value is -2.37. The molecule has 0 spiro atoms. The first-order valence-corrected chi connectivity index (χ1v) is 5.49. The van der Waals surface area contributed by atoms with Crippen LogP contribution in [0.1, 0.15) is 5.56 Å². The second kappa shape index (κ2) is 4.87. The monoisotopic (exact) mass is 246 g/mol. The molecule has 0 unspecified atom stereocenters. The van der Waals surface area contributed by atoms with Crippen molar-refractivity contribution in [3.05, 3.63) is 52.3 Å². The standard InChI is InChI=1S/C12H14N4O2/c1-14(8-10-7-13-15(2)9-10)11-3-5-12(6-4-11)16(17)18/h3-7,9H,8H2,1-2H3. The van der Waals surface area contributed by atoms with Crippen LogP contribution in [-0.2, 0) is 13.6 Å². The molecule has 0 aliphatic rings. The van der Waals surface area contributed by atoms with Gasteiger partial charge in [0.15, 0.2) is 0 Å². The Morgan fingerprint density at radius 3 is 2.56 bits per heavy atom. The summed E-state index contributed by atoms with van der Waals surface area (Å²) < 4.78 is 1.75. The molecule has 0 aliphatic heterocycles. The molecule has 0 atom stereocenters. The van der Waals surface area contributed by atoms with Crippen molar-refractivity contribution in [1.29, 1.82) is 0 Å². The lowest BCUT2D eigenvalue weighted by molar-refractivity contribution is -0.384. The van der Waals surface area contributed by atoms with E-state index in [-0.39, 0.29) is 5.69 Å². The van der Waals surface area contributed by atoms with Gasteiger partial charge < -0.3 is 4.90 Å². The van der Waals surface area contributed by atoms with Gasteiger partial charge in [0, 0.05) is 50.2 Å². The largest absolute Gasteiger partial charge is 0.370 e. The third-order valence-electron chi connectivity index (χ3n) is 2.68. The Morgan fingerprint density at radius 1 is 1.39 bits per heavy atom. The Morgan fingerprint density at radius 2 is 2.06 bits per heavy atom. The second-order valence-corrected chi connectivity index (χ2v) is 4.15. The van der Waals surface area contributed by atoms with E-state index in [0.717, 1.165) is 11.3 Å². The molecule has 0 N–H and O–H groups in total. The van der Waals surface area contributed by atoms with E-state index in [4.69, 9.17) is 0 Å². The van der Waals surface area contributed by atoms with Crippen molar-refractivity contribution in [3.63, 3.8) is 0 Å². The number of non-ortho nitro benzene ring substituents is 1. The average Bonchev–Trinajstić information content (AvgIpc) is 2.75. The average molecular weight is 246 g/mol. The van der Waals surface area contributed by atoms with Crippen molar-refractivity contribution < 1.29 is 4.92 Å². The fraction of sp³-hybridized carbons (Fsp3) is 0.250.